The number of hydrogen-bond acceptors (Lipinski definition) is 4. The predicted molar refractivity (Wildman–Crippen MR) is 184 cm³/mol. The molecule has 4 heteroatoms. The van der Waals surface area contributed by atoms with E-state index in [1.807, 2.05) is 0 Å². The first-order valence-electron chi connectivity index (χ1n) is 18.7. The SMILES string of the molecule is OC(CCN1CCCCC1)(c1ccc(C23C=CC(C(O)(CCN4CCCCC4)c4ccccc4)(CC2)C3)cc1)C1CCCCC1. The van der Waals surface area contributed by atoms with Crippen LogP contribution in [0.3, 0.4) is 0 Å². The maximum Gasteiger partial charge on any atom is 0.0999 e. The molecule has 2 aromatic carbocycles. The highest BCUT2D eigenvalue weighted by molar-refractivity contribution is 5.45. The number of nitrogens with zero attached hydrogens (tertiary/aromatic N) is 2. The Morgan fingerprint density at radius 1 is 0.622 bits per heavy atom. The van der Waals surface area contributed by atoms with Gasteiger partial charge in [0, 0.05) is 23.9 Å². The molecule has 2 bridgehead atoms. The average Bonchev–Trinajstić information content (AvgIpc) is 3.71. The van der Waals surface area contributed by atoms with E-state index >= 15 is 0 Å². The minimum atomic E-state index is -0.879. The number of hydrogen-bond donors (Lipinski definition) is 2. The molecule has 0 aromatic heterocycles. The highest BCUT2D eigenvalue weighted by atomic mass is 16.3. The van der Waals surface area contributed by atoms with E-state index in [0.717, 1.165) is 82.3 Å². The number of aliphatic hydroxyl groups is 2. The molecular weight excluding hydrogens is 552 g/mol. The molecule has 4 nitrogen and oxygen atoms in total. The van der Waals surface area contributed by atoms with Gasteiger partial charge < -0.3 is 20.0 Å². The number of fused-ring (bicyclic) bond motifs is 2. The molecule has 3 aliphatic carbocycles. The molecule has 2 aromatic rings. The van der Waals surface area contributed by atoms with Gasteiger partial charge in [0.15, 0.2) is 0 Å². The summed E-state index contributed by atoms with van der Waals surface area (Å²) in [5.74, 6) is 0.353. The Labute approximate surface area is 272 Å². The van der Waals surface area contributed by atoms with Crippen molar-refractivity contribution in [3.63, 3.8) is 0 Å². The normalized spacial score (nSPS) is 30.7. The molecule has 2 saturated carbocycles. The fraction of sp³-hybridized carbons (Fsp3) is 0.659. The third-order valence-electron chi connectivity index (χ3n) is 13.2. The van der Waals surface area contributed by atoms with Crippen LogP contribution in [0.4, 0.5) is 0 Å². The number of likely N-dealkylation sites (tertiary alicyclic amines) is 2. The summed E-state index contributed by atoms with van der Waals surface area (Å²) >= 11 is 0. The van der Waals surface area contributed by atoms with Crippen LogP contribution in [0.25, 0.3) is 0 Å². The lowest BCUT2D eigenvalue weighted by molar-refractivity contribution is -0.0755. The molecule has 5 aliphatic rings. The van der Waals surface area contributed by atoms with Gasteiger partial charge in [-0.25, -0.2) is 0 Å². The molecule has 4 fully saturated rings. The zero-order valence-electron chi connectivity index (χ0n) is 27.8. The fourth-order valence-electron chi connectivity index (χ4n) is 10.3. The molecular formula is C41H58N2O2. The minimum Gasteiger partial charge on any atom is -0.385 e. The zero-order chi connectivity index (χ0) is 30.8. The first kappa shape index (κ1) is 31.6. The topological polar surface area (TPSA) is 46.9 Å². The Morgan fingerprint density at radius 2 is 1.22 bits per heavy atom. The Bertz CT molecular complexity index is 1280. The number of benzene rings is 2. The van der Waals surface area contributed by atoms with Crippen molar-refractivity contribution >= 4 is 0 Å². The van der Waals surface area contributed by atoms with Gasteiger partial charge in [-0.3, -0.25) is 0 Å². The van der Waals surface area contributed by atoms with Crippen LogP contribution >= 0.6 is 0 Å². The second-order valence-electron chi connectivity index (χ2n) is 15.7. The number of allylic oxidation sites excluding steroid dienone is 1. The Kier molecular flexibility index (Phi) is 9.32. The molecule has 0 radical (unpaired) electrons. The van der Waals surface area contributed by atoms with E-state index in [1.54, 1.807) is 0 Å². The van der Waals surface area contributed by atoms with E-state index in [4.69, 9.17) is 0 Å². The van der Waals surface area contributed by atoms with Gasteiger partial charge in [0.2, 0.25) is 0 Å². The molecule has 0 spiro atoms. The van der Waals surface area contributed by atoms with Crippen molar-refractivity contribution in [2.24, 2.45) is 11.3 Å². The van der Waals surface area contributed by atoms with E-state index in [1.165, 1.54) is 76.4 Å². The number of rotatable bonds is 11. The van der Waals surface area contributed by atoms with Crippen LogP contribution in [0.2, 0.25) is 0 Å². The first-order chi connectivity index (χ1) is 21.9. The molecule has 7 rings (SSSR count). The largest absolute Gasteiger partial charge is 0.385 e. The maximum absolute atomic E-state index is 12.8. The van der Waals surface area contributed by atoms with Crippen molar-refractivity contribution in [1.29, 1.82) is 0 Å². The van der Waals surface area contributed by atoms with Crippen molar-refractivity contribution in [2.45, 2.75) is 119 Å². The van der Waals surface area contributed by atoms with Crippen LogP contribution in [0.5, 0.6) is 0 Å². The van der Waals surface area contributed by atoms with Crippen LogP contribution in [0, 0.1) is 11.3 Å². The zero-order valence-corrected chi connectivity index (χ0v) is 27.8. The summed E-state index contributed by atoms with van der Waals surface area (Å²) in [6.07, 6.45) is 23.4. The first-order valence-corrected chi connectivity index (χ1v) is 18.7. The lowest BCUT2D eigenvalue weighted by Crippen LogP contribution is -2.46. The van der Waals surface area contributed by atoms with Crippen molar-refractivity contribution < 1.29 is 10.2 Å². The quantitative estimate of drug-likeness (QED) is 0.253. The fourth-order valence-corrected chi connectivity index (χ4v) is 10.3. The third-order valence-corrected chi connectivity index (χ3v) is 13.2. The van der Waals surface area contributed by atoms with Crippen LogP contribution in [-0.2, 0) is 16.6 Å². The highest BCUT2D eigenvalue weighted by Crippen LogP contribution is 2.65. The summed E-state index contributed by atoms with van der Waals surface area (Å²) in [6, 6.07) is 19.8. The van der Waals surface area contributed by atoms with Gasteiger partial charge in [-0.15, -0.1) is 0 Å². The smallest absolute Gasteiger partial charge is 0.0999 e. The second-order valence-corrected chi connectivity index (χ2v) is 15.7. The van der Waals surface area contributed by atoms with E-state index in [-0.39, 0.29) is 10.8 Å². The minimum absolute atomic E-state index is 0.0385. The standard InChI is InChI=1S/C41H58N2O2/c44-40(35-13-5-1-6-14-35,25-31-42-27-9-3-10-28-42)36-19-17-34(18-20-36)38-21-23-39(33-38,24-22-38)41(45,37-15-7-2-8-16-37)26-32-43-29-11-4-12-30-43/h2,7-8,15-21,23,35,44-45H,1,3-6,9-14,22,24-33H2. The molecule has 45 heavy (non-hydrogen) atoms. The third kappa shape index (κ3) is 6.10. The van der Waals surface area contributed by atoms with Crippen molar-refractivity contribution in [1.82, 2.24) is 9.80 Å². The van der Waals surface area contributed by atoms with Gasteiger partial charge in [-0.2, -0.15) is 0 Å². The summed E-state index contributed by atoms with van der Waals surface area (Å²) in [4.78, 5) is 5.16. The van der Waals surface area contributed by atoms with Gasteiger partial charge in [-0.1, -0.05) is 98.9 Å². The van der Waals surface area contributed by atoms with E-state index in [2.05, 4.69) is 76.5 Å². The van der Waals surface area contributed by atoms with Crippen LogP contribution in [-0.4, -0.2) is 59.3 Å². The maximum atomic E-state index is 12.8. The Balaban J connectivity index is 1.12. The Morgan fingerprint density at radius 3 is 1.82 bits per heavy atom. The molecule has 2 N–H and O–H groups in total. The summed E-state index contributed by atoms with van der Waals surface area (Å²) in [5.41, 5.74) is 1.64. The van der Waals surface area contributed by atoms with E-state index < -0.39 is 11.2 Å². The molecule has 2 heterocycles. The van der Waals surface area contributed by atoms with Crippen molar-refractivity contribution in [2.75, 3.05) is 39.3 Å². The average molecular weight is 611 g/mol. The van der Waals surface area contributed by atoms with E-state index in [9.17, 15) is 10.2 Å². The summed E-state index contributed by atoms with van der Waals surface area (Å²) in [5, 5.41) is 25.3. The van der Waals surface area contributed by atoms with Gasteiger partial charge >= 0.3 is 0 Å². The monoisotopic (exact) mass is 610 g/mol. The van der Waals surface area contributed by atoms with Crippen LogP contribution < -0.4 is 0 Å². The molecule has 2 saturated heterocycles. The predicted octanol–water partition coefficient (Wildman–Crippen LogP) is 8.07. The summed E-state index contributed by atoms with van der Waals surface area (Å²) in [7, 11) is 0. The molecule has 4 unspecified atom stereocenters. The summed E-state index contributed by atoms with van der Waals surface area (Å²) < 4.78 is 0. The van der Waals surface area contributed by atoms with Crippen LogP contribution in [0.1, 0.15) is 119 Å². The van der Waals surface area contributed by atoms with Gasteiger partial charge in [0.25, 0.3) is 0 Å². The van der Waals surface area contributed by atoms with Gasteiger partial charge in [0.05, 0.1) is 11.2 Å². The van der Waals surface area contributed by atoms with Gasteiger partial charge in [-0.05, 0) is 119 Å². The van der Waals surface area contributed by atoms with Crippen molar-refractivity contribution in [3.05, 3.63) is 83.4 Å². The highest BCUT2D eigenvalue weighted by Gasteiger charge is 2.60. The summed E-state index contributed by atoms with van der Waals surface area (Å²) in [6.45, 7) is 6.65. The molecule has 0 amide bonds. The number of piperidine rings is 2. The molecule has 244 valence electrons. The van der Waals surface area contributed by atoms with Crippen molar-refractivity contribution in [3.8, 4) is 0 Å². The van der Waals surface area contributed by atoms with E-state index in [0.29, 0.717) is 5.92 Å². The molecule has 2 aliphatic heterocycles. The van der Waals surface area contributed by atoms with Crippen LogP contribution in [0.15, 0.2) is 66.7 Å². The lowest BCUT2D eigenvalue weighted by Gasteiger charge is -2.44. The Hall–Kier alpha value is -1.98. The lowest BCUT2D eigenvalue weighted by atomic mass is 9.66. The second kappa shape index (κ2) is 13.3. The molecule has 4 atom stereocenters. The van der Waals surface area contributed by atoms with Gasteiger partial charge in [0.1, 0.15) is 0 Å².